The van der Waals surface area contributed by atoms with Crippen molar-refractivity contribution in [3.63, 3.8) is 0 Å². The lowest BCUT2D eigenvalue weighted by molar-refractivity contribution is 0.875. The number of benzene rings is 2. The Morgan fingerprint density at radius 1 is 0.947 bits per heavy atom. The third-order valence-electron chi connectivity index (χ3n) is 3.91. The van der Waals surface area contributed by atoms with Gasteiger partial charge >= 0.3 is 0 Å². The van der Waals surface area contributed by atoms with Crippen LogP contribution in [0.5, 0.6) is 0 Å². The maximum absolute atomic E-state index is 3.21. The van der Waals surface area contributed by atoms with E-state index in [1.54, 1.807) is 0 Å². The summed E-state index contributed by atoms with van der Waals surface area (Å²) in [4.78, 5) is 2.46. The van der Waals surface area contributed by atoms with Crippen molar-refractivity contribution in [1.82, 2.24) is 0 Å². The smallest absolute Gasteiger partial charge is 0.0437 e. The number of anilines is 2. The summed E-state index contributed by atoms with van der Waals surface area (Å²) >= 11 is 0. The first-order valence-electron chi connectivity index (χ1n) is 6.79. The van der Waals surface area contributed by atoms with Crippen molar-refractivity contribution in [2.75, 3.05) is 17.3 Å². The Morgan fingerprint density at radius 3 is 2.47 bits per heavy atom. The highest BCUT2D eigenvalue weighted by Gasteiger charge is 2.20. The van der Waals surface area contributed by atoms with Crippen LogP contribution in [-0.4, -0.2) is 7.05 Å². The number of nitrogens with zero attached hydrogens (tertiary/aromatic N) is 1. The third-order valence-corrected chi connectivity index (χ3v) is 3.91. The van der Waals surface area contributed by atoms with Gasteiger partial charge in [-0.05, 0) is 48.7 Å². The summed E-state index contributed by atoms with van der Waals surface area (Å²) in [5.41, 5.74) is 8.12. The standard InChI is InChI=1S/C17H20N2/c1-12-4-7-17(13(2)8-12)19-10-14-5-6-16(18-3)9-15(14)11-19/h4-9,18H,10-11H2,1-3H3. The first-order chi connectivity index (χ1) is 9.17. The van der Waals surface area contributed by atoms with Crippen LogP contribution in [0.3, 0.4) is 0 Å². The van der Waals surface area contributed by atoms with E-state index in [2.05, 4.69) is 60.5 Å². The van der Waals surface area contributed by atoms with Crippen LogP contribution in [0.25, 0.3) is 0 Å². The van der Waals surface area contributed by atoms with Gasteiger partial charge in [-0.1, -0.05) is 23.8 Å². The van der Waals surface area contributed by atoms with Gasteiger partial charge in [0.15, 0.2) is 0 Å². The van der Waals surface area contributed by atoms with Crippen LogP contribution >= 0.6 is 0 Å². The van der Waals surface area contributed by atoms with Crippen LogP contribution in [0, 0.1) is 13.8 Å². The molecular formula is C17H20N2. The van der Waals surface area contributed by atoms with E-state index in [9.17, 15) is 0 Å². The third kappa shape index (κ3) is 2.19. The Balaban J connectivity index is 1.90. The molecule has 2 aromatic rings. The maximum Gasteiger partial charge on any atom is 0.0437 e. The molecule has 2 nitrogen and oxygen atoms in total. The normalized spacial score (nSPS) is 13.5. The van der Waals surface area contributed by atoms with E-state index in [4.69, 9.17) is 0 Å². The van der Waals surface area contributed by atoms with Gasteiger partial charge in [0.1, 0.15) is 0 Å². The Labute approximate surface area is 115 Å². The van der Waals surface area contributed by atoms with Crippen molar-refractivity contribution in [2.45, 2.75) is 26.9 Å². The summed E-state index contributed by atoms with van der Waals surface area (Å²) in [5, 5.41) is 3.21. The van der Waals surface area contributed by atoms with Crippen LogP contribution in [-0.2, 0) is 13.1 Å². The summed E-state index contributed by atoms with van der Waals surface area (Å²) in [5.74, 6) is 0. The van der Waals surface area contributed by atoms with Gasteiger partial charge in [0.2, 0.25) is 0 Å². The molecule has 0 aliphatic carbocycles. The second kappa shape index (κ2) is 4.61. The molecule has 0 bridgehead atoms. The van der Waals surface area contributed by atoms with E-state index in [0.717, 1.165) is 13.1 Å². The summed E-state index contributed by atoms with van der Waals surface area (Å²) in [6, 6.07) is 13.4. The number of nitrogens with one attached hydrogen (secondary N) is 1. The molecule has 0 unspecified atom stereocenters. The number of fused-ring (bicyclic) bond motifs is 1. The van der Waals surface area contributed by atoms with E-state index in [1.807, 2.05) is 7.05 Å². The van der Waals surface area contributed by atoms with Crippen LogP contribution in [0.15, 0.2) is 36.4 Å². The zero-order valence-corrected chi connectivity index (χ0v) is 11.8. The van der Waals surface area contributed by atoms with Gasteiger partial charge in [0.25, 0.3) is 0 Å². The van der Waals surface area contributed by atoms with Crippen LogP contribution in [0.4, 0.5) is 11.4 Å². The Morgan fingerprint density at radius 2 is 1.74 bits per heavy atom. The van der Waals surface area contributed by atoms with Crippen LogP contribution in [0.2, 0.25) is 0 Å². The second-order valence-corrected chi connectivity index (χ2v) is 5.38. The topological polar surface area (TPSA) is 15.3 Å². The molecule has 98 valence electrons. The van der Waals surface area contributed by atoms with Crippen molar-refractivity contribution in [3.05, 3.63) is 58.7 Å². The van der Waals surface area contributed by atoms with E-state index in [-0.39, 0.29) is 0 Å². The molecule has 3 rings (SSSR count). The predicted octanol–water partition coefficient (Wildman–Crippen LogP) is 3.87. The molecule has 0 saturated carbocycles. The molecule has 0 atom stereocenters. The van der Waals surface area contributed by atoms with E-state index >= 15 is 0 Å². The van der Waals surface area contributed by atoms with Gasteiger partial charge in [-0.15, -0.1) is 0 Å². The maximum atomic E-state index is 3.21. The summed E-state index contributed by atoms with van der Waals surface area (Å²) in [7, 11) is 1.97. The molecule has 1 aliphatic heterocycles. The lowest BCUT2D eigenvalue weighted by Gasteiger charge is -2.20. The van der Waals surface area contributed by atoms with Crippen molar-refractivity contribution < 1.29 is 0 Å². The van der Waals surface area contributed by atoms with E-state index in [1.165, 1.54) is 33.6 Å². The largest absolute Gasteiger partial charge is 0.388 e. The molecule has 1 N–H and O–H groups in total. The lowest BCUT2D eigenvalue weighted by atomic mass is 10.1. The van der Waals surface area contributed by atoms with Gasteiger partial charge < -0.3 is 10.2 Å². The molecule has 0 saturated heterocycles. The lowest BCUT2D eigenvalue weighted by Crippen LogP contribution is -2.15. The molecule has 0 aromatic heterocycles. The molecule has 0 amide bonds. The molecule has 0 spiro atoms. The van der Waals surface area contributed by atoms with Crippen molar-refractivity contribution in [2.24, 2.45) is 0 Å². The van der Waals surface area contributed by atoms with Gasteiger partial charge in [-0.3, -0.25) is 0 Å². The molecule has 19 heavy (non-hydrogen) atoms. The molecular weight excluding hydrogens is 232 g/mol. The molecule has 2 heteroatoms. The average molecular weight is 252 g/mol. The minimum absolute atomic E-state index is 1.01. The van der Waals surface area contributed by atoms with Gasteiger partial charge in [-0.25, -0.2) is 0 Å². The zero-order chi connectivity index (χ0) is 13.4. The Kier molecular flexibility index (Phi) is 2.94. The summed E-state index contributed by atoms with van der Waals surface area (Å²) in [6.07, 6.45) is 0. The van der Waals surface area contributed by atoms with Crippen LogP contribution in [0.1, 0.15) is 22.3 Å². The van der Waals surface area contributed by atoms with Gasteiger partial charge in [-0.2, -0.15) is 0 Å². The summed E-state index contributed by atoms with van der Waals surface area (Å²) < 4.78 is 0. The van der Waals surface area contributed by atoms with Crippen LogP contribution < -0.4 is 10.2 Å². The van der Waals surface area contributed by atoms with E-state index in [0.29, 0.717) is 0 Å². The highest BCUT2D eigenvalue weighted by Crippen LogP contribution is 2.32. The number of aryl methyl sites for hydroxylation is 2. The molecule has 1 aliphatic rings. The predicted molar refractivity (Wildman–Crippen MR) is 81.8 cm³/mol. The van der Waals surface area contributed by atoms with Crippen molar-refractivity contribution in [3.8, 4) is 0 Å². The fourth-order valence-electron chi connectivity index (χ4n) is 2.88. The molecule has 2 aromatic carbocycles. The average Bonchev–Trinajstić information content (AvgIpc) is 2.80. The first-order valence-corrected chi connectivity index (χ1v) is 6.79. The minimum atomic E-state index is 1.01. The van der Waals surface area contributed by atoms with Crippen molar-refractivity contribution in [1.29, 1.82) is 0 Å². The molecule has 0 fully saturated rings. The van der Waals surface area contributed by atoms with Gasteiger partial charge in [0.05, 0.1) is 0 Å². The van der Waals surface area contributed by atoms with E-state index < -0.39 is 0 Å². The Bertz CT molecular complexity index is 617. The summed E-state index contributed by atoms with van der Waals surface area (Å²) in [6.45, 7) is 6.37. The fourth-order valence-corrected chi connectivity index (χ4v) is 2.88. The quantitative estimate of drug-likeness (QED) is 0.873. The SMILES string of the molecule is CNc1ccc2c(c1)CN(c1ccc(C)cc1C)C2. The van der Waals surface area contributed by atoms with Crippen molar-refractivity contribution >= 4 is 11.4 Å². The highest BCUT2D eigenvalue weighted by atomic mass is 15.1. The number of hydrogen-bond donors (Lipinski definition) is 1. The number of hydrogen-bond acceptors (Lipinski definition) is 2. The zero-order valence-electron chi connectivity index (χ0n) is 11.8. The second-order valence-electron chi connectivity index (χ2n) is 5.38. The minimum Gasteiger partial charge on any atom is -0.388 e. The molecule has 0 radical (unpaired) electrons. The highest BCUT2D eigenvalue weighted by molar-refractivity contribution is 5.59. The fraction of sp³-hybridized carbons (Fsp3) is 0.294. The number of rotatable bonds is 2. The first kappa shape index (κ1) is 12.1. The molecule has 1 heterocycles. The van der Waals surface area contributed by atoms with Gasteiger partial charge in [0, 0.05) is 31.5 Å². The monoisotopic (exact) mass is 252 g/mol. The Hall–Kier alpha value is -1.96.